The standard InChI is InChI=1S/C21H11F6N7O/c22-20(23,24)15-3-1-2-12(30-15)17-32-18(29-10-6-7-28-16(8-10)21(25,26)27)34-19(33-17)31-13-9-11-4-5-14(13)35-11/h1-9H,(H2,28,29,31,32,33,34). The molecule has 0 spiro atoms. The molecule has 5 aromatic heterocycles. The number of fused-ring (bicyclic) bond motifs is 2. The van der Waals surface area contributed by atoms with Gasteiger partial charge in [-0.25, -0.2) is 4.98 Å². The molecule has 0 saturated heterocycles. The number of hydrogen-bond donors (Lipinski definition) is 2. The highest BCUT2D eigenvalue weighted by molar-refractivity contribution is 5.81. The number of hydrogen-bond acceptors (Lipinski definition) is 8. The highest BCUT2D eigenvalue weighted by Crippen LogP contribution is 2.32. The van der Waals surface area contributed by atoms with E-state index >= 15 is 0 Å². The van der Waals surface area contributed by atoms with Crippen LogP contribution in [0.5, 0.6) is 0 Å². The number of aromatic nitrogens is 5. The van der Waals surface area contributed by atoms with E-state index in [1.807, 2.05) is 0 Å². The maximum absolute atomic E-state index is 13.1. The Labute approximate surface area is 191 Å². The minimum Gasteiger partial charge on any atom is -0.455 e. The molecule has 0 amide bonds. The van der Waals surface area contributed by atoms with Crippen molar-refractivity contribution in [2.75, 3.05) is 10.6 Å². The number of halogens is 6. The van der Waals surface area contributed by atoms with Gasteiger partial charge in [-0.1, -0.05) is 6.07 Å². The zero-order valence-electron chi connectivity index (χ0n) is 17.1. The molecule has 14 heteroatoms. The van der Waals surface area contributed by atoms with Crippen LogP contribution in [0.2, 0.25) is 0 Å². The first-order chi connectivity index (χ1) is 16.5. The third-order valence-electron chi connectivity index (χ3n) is 4.64. The molecule has 0 aliphatic carbocycles. The quantitative estimate of drug-likeness (QED) is 0.287. The maximum Gasteiger partial charge on any atom is 0.433 e. The first-order valence-corrected chi connectivity index (χ1v) is 9.74. The Morgan fingerprint density at radius 3 is 2.11 bits per heavy atom. The van der Waals surface area contributed by atoms with Crippen molar-refractivity contribution in [3.05, 3.63) is 66.1 Å². The summed E-state index contributed by atoms with van der Waals surface area (Å²) >= 11 is 0. The summed E-state index contributed by atoms with van der Waals surface area (Å²) in [5.41, 5.74) is -1.08. The SMILES string of the molecule is FC(F)(F)c1cc(Nc2nc(Nc3cc4ccc3o4)nc(-c3cccc(C(F)(F)F)n3)n2)ccn1. The van der Waals surface area contributed by atoms with Gasteiger partial charge in [0.25, 0.3) is 0 Å². The molecule has 2 N–H and O–H groups in total. The number of benzene rings is 1. The zero-order chi connectivity index (χ0) is 24.8. The van der Waals surface area contributed by atoms with Crippen LogP contribution in [0.15, 0.2) is 59.1 Å². The fraction of sp³-hybridized carbons (Fsp3) is 0.0952. The van der Waals surface area contributed by atoms with Crippen LogP contribution >= 0.6 is 0 Å². The lowest BCUT2D eigenvalue weighted by Crippen LogP contribution is -2.11. The second kappa shape index (κ2) is 8.07. The Morgan fingerprint density at radius 1 is 0.714 bits per heavy atom. The first-order valence-electron chi connectivity index (χ1n) is 9.74. The summed E-state index contributed by atoms with van der Waals surface area (Å²) in [4.78, 5) is 19.2. The predicted octanol–water partition coefficient (Wildman–Crippen LogP) is 6.04. The van der Waals surface area contributed by atoms with Gasteiger partial charge in [0.15, 0.2) is 11.4 Å². The number of furan rings is 2. The predicted molar refractivity (Wildman–Crippen MR) is 111 cm³/mol. The monoisotopic (exact) mass is 491 g/mol. The summed E-state index contributed by atoms with van der Waals surface area (Å²) in [6.07, 6.45) is -8.45. The normalized spacial score (nSPS) is 12.3. The fourth-order valence-corrected chi connectivity index (χ4v) is 3.12. The molecule has 5 rings (SSSR count). The molecule has 0 fully saturated rings. The molecule has 8 nitrogen and oxygen atoms in total. The number of nitrogens with zero attached hydrogens (tertiary/aromatic N) is 5. The summed E-state index contributed by atoms with van der Waals surface area (Å²) in [5.74, 6) is -0.598. The van der Waals surface area contributed by atoms with E-state index < -0.39 is 23.7 Å². The number of alkyl halides is 6. The van der Waals surface area contributed by atoms with Gasteiger partial charge in [-0.3, -0.25) is 4.98 Å². The van der Waals surface area contributed by atoms with Crippen LogP contribution in [-0.4, -0.2) is 24.9 Å². The van der Waals surface area contributed by atoms with Crippen LogP contribution in [0.25, 0.3) is 22.7 Å². The third kappa shape index (κ3) is 4.76. The molecule has 178 valence electrons. The molecule has 0 aliphatic rings. The second-order valence-corrected chi connectivity index (χ2v) is 7.15. The van der Waals surface area contributed by atoms with E-state index in [9.17, 15) is 26.3 Å². The topological polar surface area (TPSA) is 102 Å². The molecular formula is C21H11F6N7O. The molecule has 0 aliphatic heterocycles. The van der Waals surface area contributed by atoms with E-state index in [2.05, 4.69) is 35.6 Å². The third-order valence-corrected chi connectivity index (χ3v) is 4.64. The summed E-state index contributed by atoms with van der Waals surface area (Å²) in [6, 6.07) is 10.2. The van der Waals surface area contributed by atoms with Gasteiger partial charge in [-0.15, -0.1) is 0 Å². The lowest BCUT2D eigenvalue weighted by molar-refractivity contribution is -0.141. The van der Waals surface area contributed by atoms with Crippen LogP contribution in [0.4, 0.5) is 49.6 Å². The van der Waals surface area contributed by atoms with Crippen LogP contribution in [-0.2, 0) is 12.4 Å². The minimum absolute atomic E-state index is 0.0530. The minimum atomic E-state index is -4.71. The Bertz CT molecular complexity index is 1500. The van der Waals surface area contributed by atoms with Crippen LogP contribution in [0.3, 0.4) is 0 Å². The van der Waals surface area contributed by atoms with Crippen LogP contribution in [0.1, 0.15) is 11.4 Å². The van der Waals surface area contributed by atoms with Gasteiger partial charge in [0.2, 0.25) is 11.9 Å². The van der Waals surface area contributed by atoms with Crippen molar-refractivity contribution < 1.29 is 30.8 Å². The van der Waals surface area contributed by atoms with E-state index in [-0.39, 0.29) is 29.1 Å². The molecule has 0 radical (unpaired) electrons. The molecule has 0 saturated carbocycles. The maximum atomic E-state index is 13.1. The molecule has 35 heavy (non-hydrogen) atoms. The van der Waals surface area contributed by atoms with Crippen molar-refractivity contribution in [1.29, 1.82) is 0 Å². The van der Waals surface area contributed by atoms with Crippen molar-refractivity contribution in [1.82, 2.24) is 24.9 Å². The van der Waals surface area contributed by atoms with Crippen molar-refractivity contribution in [2.24, 2.45) is 0 Å². The average molecular weight is 491 g/mol. The van der Waals surface area contributed by atoms with Gasteiger partial charge >= 0.3 is 12.4 Å². The smallest absolute Gasteiger partial charge is 0.433 e. The summed E-state index contributed by atoms with van der Waals surface area (Å²) in [5, 5.41) is 5.47. The molecular weight excluding hydrogens is 480 g/mol. The van der Waals surface area contributed by atoms with Crippen LogP contribution < -0.4 is 10.6 Å². The van der Waals surface area contributed by atoms with Gasteiger partial charge in [-0.2, -0.15) is 41.3 Å². The highest BCUT2D eigenvalue weighted by Gasteiger charge is 2.33. The molecule has 0 aromatic carbocycles. The number of rotatable bonds is 5. The van der Waals surface area contributed by atoms with Gasteiger partial charge in [0, 0.05) is 18.0 Å². The lowest BCUT2D eigenvalue weighted by atomic mass is 10.3. The zero-order valence-corrected chi connectivity index (χ0v) is 17.1. The summed E-state index contributed by atoms with van der Waals surface area (Å²) in [6.45, 7) is 0. The van der Waals surface area contributed by atoms with E-state index in [0.29, 0.717) is 16.9 Å². The fourth-order valence-electron chi connectivity index (χ4n) is 3.12. The molecule has 0 unspecified atom stereocenters. The van der Waals surface area contributed by atoms with Crippen molar-refractivity contribution in [3.63, 3.8) is 0 Å². The average Bonchev–Trinajstić information content (AvgIpc) is 3.41. The molecule has 5 heterocycles. The Morgan fingerprint density at radius 2 is 1.46 bits per heavy atom. The van der Waals surface area contributed by atoms with Gasteiger partial charge < -0.3 is 15.1 Å². The largest absolute Gasteiger partial charge is 0.455 e. The summed E-state index contributed by atoms with van der Waals surface area (Å²) < 4.78 is 83.9. The Balaban J connectivity index is 1.55. The van der Waals surface area contributed by atoms with E-state index in [1.54, 1.807) is 18.2 Å². The van der Waals surface area contributed by atoms with E-state index in [4.69, 9.17) is 4.42 Å². The van der Waals surface area contributed by atoms with Crippen molar-refractivity contribution in [3.8, 4) is 11.5 Å². The number of pyridine rings is 2. The second-order valence-electron chi connectivity index (χ2n) is 7.15. The van der Waals surface area contributed by atoms with Crippen molar-refractivity contribution in [2.45, 2.75) is 12.4 Å². The van der Waals surface area contributed by atoms with Gasteiger partial charge in [-0.05, 0) is 36.4 Å². The Kier molecular flexibility index (Phi) is 5.15. The summed E-state index contributed by atoms with van der Waals surface area (Å²) in [7, 11) is 0. The molecule has 2 bridgehead atoms. The first kappa shape index (κ1) is 22.3. The van der Waals surface area contributed by atoms with Gasteiger partial charge in [0.1, 0.15) is 22.7 Å². The van der Waals surface area contributed by atoms with E-state index in [0.717, 1.165) is 24.4 Å². The highest BCUT2D eigenvalue weighted by atomic mass is 19.4. The van der Waals surface area contributed by atoms with Crippen molar-refractivity contribution >= 4 is 34.4 Å². The van der Waals surface area contributed by atoms with Gasteiger partial charge in [0.05, 0.1) is 5.69 Å². The van der Waals surface area contributed by atoms with E-state index in [1.165, 1.54) is 12.1 Å². The Hall–Kier alpha value is -4.49. The number of nitrogens with one attached hydrogen (secondary N) is 2. The van der Waals surface area contributed by atoms with Crippen LogP contribution in [0, 0.1) is 0 Å². The molecule has 5 aromatic rings. The lowest BCUT2D eigenvalue weighted by Gasteiger charge is -2.12. The number of anilines is 4. The molecule has 0 atom stereocenters.